The molecule has 1 heterocycles. The highest BCUT2D eigenvalue weighted by molar-refractivity contribution is 5.98. The largest absolute Gasteiger partial charge is 0.493 e. The fourth-order valence-electron chi connectivity index (χ4n) is 3.06. The van der Waals surface area contributed by atoms with Gasteiger partial charge in [-0.2, -0.15) is 0 Å². The van der Waals surface area contributed by atoms with Crippen molar-refractivity contribution in [2.75, 3.05) is 7.11 Å². The van der Waals surface area contributed by atoms with E-state index in [1.54, 1.807) is 0 Å². The van der Waals surface area contributed by atoms with Crippen LogP contribution in [0.2, 0.25) is 0 Å². The number of aromatic nitrogens is 1. The number of methoxy groups -OCH3 is 1. The van der Waals surface area contributed by atoms with Gasteiger partial charge in [-0.1, -0.05) is 31.2 Å². The summed E-state index contributed by atoms with van der Waals surface area (Å²) in [5.74, 6) is -1.88. The van der Waals surface area contributed by atoms with Gasteiger partial charge >= 0.3 is 11.9 Å². The lowest BCUT2D eigenvalue weighted by atomic mass is 9.92. The molecule has 0 radical (unpaired) electrons. The molecule has 0 aliphatic carbocycles. The normalized spacial score (nSPS) is 13.5. The Balaban J connectivity index is 2.08. The highest BCUT2D eigenvalue weighted by atomic mass is 16.6. The summed E-state index contributed by atoms with van der Waals surface area (Å²) in [5.41, 5.74) is 2.03. The number of carbonyl (C=O) groups is 3. The van der Waals surface area contributed by atoms with Crippen LogP contribution in [0.25, 0.3) is 0 Å². The number of benzene rings is 1. The molecule has 1 N–H and O–H groups in total. The first kappa shape index (κ1) is 23.9. The number of rotatable bonds is 8. The first-order chi connectivity index (χ1) is 14.6. The number of aryl methyl sites for hydroxylation is 1. The Labute approximate surface area is 181 Å². The zero-order chi connectivity index (χ0) is 23.1. The molecule has 0 unspecified atom stereocenters. The second-order valence-corrected chi connectivity index (χ2v) is 7.27. The van der Waals surface area contributed by atoms with Gasteiger partial charge in [0.05, 0.1) is 7.11 Å². The van der Waals surface area contributed by atoms with Crippen molar-refractivity contribution >= 4 is 17.8 Å². The maximum atomic E-state index is 12.7. The lowest BCUT2D eigenvalue weighted by Gasteiger charge is -2.24. The van der Waals surface area contributed by atoms with E-state index in [0.29, 0.717) is 0 Å². The Morgan fingerprint density at radius 2 is 1.74 bits per heavy atom. The van der Waals surface area contributed by atoms with Crippen molar-refractivity contribution in [1.82, 2.24) is 10.3 Å². The Bertz CT molecular complexity index is 959. The quantitative estimate of drug-likeness (QED) is 0.644. The number of hydrogen-bond acceptors (Lipinski definition) is 7. The molecule has 8 nitrogen and oxygen atoms in total. The molecule has 1 aromatic heterocycles. The van der Waals surface area contributed by atoms with Crippen molar-refractivity contribution in [1.29, 1.82) is 0 Å². The molecule has 0 fully saturated rings. The van der Waals surface area contributed by atoms with E-state index in [0.717, 1.165) is 11.1 Å². The highest BCUT2D eigenvalue weighted by Crippen LogP contribution is 2.30. The van der Waals surface area contributed by atoms with Gasteiger partial charge < -0.3 is 19.5 Å². The molecule has 2 rings (SSSR count). The van der Waals surface area contributed by atoms with Crippen LogP contribution in [0.15, 0.2) is 36.5 Å². The maximum Gasteiger partial charge on any atom is 0.328 e. The lowest BCUT2D eigenvalue weighted by Crippen LogP contribution is -2.41. The fraction of sp³-hybridized carbons (Fsp3) is 0.391. The van der Waals surface area contributed by atoms with E-state index in [9.17, 15) is 14.4 Å². The third-order valence-electron chi connectivity index (χ3n) is 4.94. The summed E-state index contributed by atoms with van der Waals surface area (Å²) in [6, 6.07) is 8.42. The second-order valence-electron chi connectivity index (χ2n) is 7.27. The van der Waals surface area contributed by atoms with E-state index in [1.807, 2.05) is 45.0 Å². The van der Waals surface area contributed by atoms with E-state index < -0.39 is 30.0 Å². The van der Waals surface area contributed by atoms with Crippen LogP contribution in [0.4, 0.5) is 0 Å². The van der Waals surface area contributed by atoms with Gasteiger partial charge in [-0.3, -0.25) is 9.59 Å². The molecular weight excluding hydrogens is 400 g/mol. The summed E-state index contributed by atoms with van der Waals surface area (Å²) in [4.78, 5) is 40.6. The van der Waals surface area contributed by atoms with Crippen LogP contribution in [0.5, 0.6) is 11.5 Å². The molecular formula is C23H28N2O6. The predicted molar refractivity (Wildman–Crippen MR) is 114 cm³/mol. The fourth-order valence-corrected chi connectivity index (χ4v) is 3.06. The predicted octanol–water partition coefficient (Wildman–Crippen LogP) is 3.18. The molecule has 0 saturated heterocycles. The van der Waals surface area contributed by atoms with Crippen LogP contribution in [-0.4, -0.2) is 42.1 Å². The number of nitrogens with one attached hydrogen (secondary N) is 1. The summed E-state index contributed by atoms with van der Waals surface area (Å²) in [6.45, 7) is 8.51. The van der Waals surface area contributed by atoms with Gasteiger partial charge in [-0.15, -0.1) is 0 Å². The molecule has 0 spiro atoms. The van der Waals surface area contributed by atoms with Gasteiger partial charge in [-0.05, 0) is 31.9 Å². The zero-order valence-corrected chi connectivity index (χ0v) is 18.6. The van der Waals surface area contributed by atoms with Crippen molar-refractivity contribution in [3.05, 3.63) is 53.3 Å². The summed E-state index contributed by atoms with van der Waals surface area (Å²) in [7, 11) is 1.38. The van der Waals surface area contributed by atoms with Gasteiger partial charge in [0, 0.05) is 25.1 Å². The minimum atomic E-state index is -0.947. The lowest BCUT2D eigenvalue weighted by molar-refractivity contribution is -0.151. The number of nitrogens with zero attached hydrogens (tertiary/aromatic N) is 1. The standard InChI is InChI=1S/C23H28N2O6/c1-13-9-7-8-10-18(13)14(2)16(4)30-23(28)15(3)25-22(27)20-21(31-17(5)26)19(29-6)11-12-24-20/h7-12,14-16H,1-6H3,(H,25,27)/t14-,15+,16+/m1/s1. The maximum absolute atomic E-state index is 12.7. The molecule has 166 valence electrons. The van der Waals surface area contributed by atoms with Crippen LogP contribution >= 0.6 is 0 Å². The monoisotopic (exact) mass is 428 g/mol. The number of pyridine rings is 1. The van der Waals surface area contributed by atoms with Gasteiger partial charge in [0.1, 0.15) is 12.1 Å². The average Bonchev–Trinajstić information content (AvgIpc) is 2.73. The molecule has 8 heteroatoms. The Morgan fingerprint density at radius 3 is 2.35 bits per heavy atom. The Kier molecular flexibility index (Phi) is 8.13. The van der Waals surface area contributed by atoms with Crippen LogP contribution in [-0.2, 0) is 14.3 Å². The Morgan fingerprint density at radius 1 is 1.06 bits per heavy atom. The zero-order valence-electron chi connectivity index (χ0n) is 18.6. The first-order valence-corrected chi connectivity index (χ1v) is 9.94. The van der Waals surface area contributed by atoms with E-state index in [2.05, 4.69) is 10.3 Å². The van der Waals surface area contributed by atoms with Crippen molar-refractivity contribution in [3.8, 4) is 11.5 Å². The van der Waals surface area contributed by atoms with Crippen LogP contribution in [0.1, 0.15) is 55.2 Å². The van der Waals surface area contributed by atoms with Crippen LogP contribution < -0.4 is 14.8 Å². The summed E-state index contributed by atoms with van der Waals surface area (Å²) < 4.78 is 15.8. The number of esters is 2. The molecule has 31 heavy (non-hydrogen) atoms. The molecule has 1 amide bonds. The SMILES string of the molecule is COc1ccnc(C(=O)N[C@@H](C)C(=O)O[C@@H](C)[C@@H](C)c2ccccc2C)c1OC(C)=O. The topological polar surface area (TPSA) is 104 Å². The molecule has 0 aliphatic rings. The number of amides is 1. The minimum Gasteiger partial charge on any atom is -0.493 e. The molecule has 0 saturated carbocycles. The van der Waals surface area contributed by atoms with E-state index in [1.165, 1.54) is 33.2 Å². The van der Waals surface area contributed by atoms with Gasteiger partial charge in [0.25, 0.3) is 5.91 Å². The van der Waals surface area contributed by atoms with Crippen molar-refractivity contribution in [2.45, 2.75) is 52.7 Å². The Hall–Kier alpha value is -3.42. The minimum absolute atomic E-state index is 0.0244. The van der Waals surface area contributed by atoms with E-state index in [-0.39, 0.29) is 23.1 Å². The smallest absolute Gasteiger partial charge is 0.328 e. The summed E-state index contributed by atoms with van der Waals surface area (Å²) in [6.07, 6.45) is 0.940. The summed E-state index contributed by atoms with van der Waals surface area (Å²) >= 11 is 0. The van der Waals surface area contributed by atoms with Crippen molar-refractivity contribution in [3.63, 3.8) is 0 Å². The average molecular weight is 428 g/mol. The molecule has 0 aliphatic heterocycles. The second kappa shape index (κ2) is 10.6. The molecule has 3 atom stereocenters. The van der Waals surface area contributed by atoms with Crippen LogP contribution in [0, 0.1) is 6.92 Å². The molecule has 2 aromatic rings. The molecule has 1 aromatic carbocycles. The third kappa shape index (κ3) is 6.04. The van der Waals surface area contributed by atoms with Gasteiger partial charge in [0.15, 0.2) is 11.4 Å². The van der Waals surface area contributed by atoms with Gasteiger partial charge in [-0.25, -0.2) is 9.78 Å². The van der Waals surface area contributed by atoms with E-state index in [4.69, 9.17) is 14.2 Å². The van der Waals surface area contributed by atoms with Crippen LogP contribution in [0.3, 0.4) is 0 Å². The van der Waals surface area contributed by atoms with Crippen molar-refractivity contribution in [2.24, 2.45) is 0 Å². The van der Waals surface area contributed by atoms with Gasteiger partial charge in [0.2, 0.25) is 5.75 Å². The number of ether oxygens (including phenoxy) is 3. The number of carbonyl (C=O) groups excluding carboxylic acids is 3. The first-order valence-electron chi connectivity index (χ1n) is 9.94. The number of hydrogen-bond donors (Lipinski definition) is 1. The highest BCUT2D eigenvalue weighted by Gasteiger charge is 2.27. The third-order valence-corrected chi connectivity index (χ3v) is 4.94. The molecule has 0 bridgehead atoms. The summed E-state index contributed by atoms with van der Waals surface area (Å²) in [5, 5.41) is 2.53. The van der Waals surface area contributed by atoms with E-state index >= 15 is 0 Å². The van der Waals surface area contributed by atoms with Crippen molar-refractivity contribution < 1.29 is 28.6 Å².